The maximum Gasteiger partial charge on any atom is 0.0634 e. The second-order valence-electron chi connectivity index (χ2n) is 4.73. The van der Waals surface area contributed by atoms with Gasteiger partial charge in [0, 0.05) is 5.71 Å². The molecular formula is C18H18N2. The lowest BCUT2D eigenvalue weighted by atomic mass is 10.0. The van der Waals surface area contributed by atoms with E-state index in [4.69, 9.17) is 0 Å². The van der Waals surface area contributed by atoms with Crippen LogP contribution in [0.4, 0.5) is 11.4 Å². The highest BCUT2D eigenvalue weighted by Crippen LogP contribution is 2.20. The predicted molar refractivity (Wildman–Crippen MR) is 88.7 cm³/mol. The molecule has 2 heteroatoms. The SMILES string of the molecule is C=Nc1ccc(N=C(C)c2ccc(C(=C)C)cc2)cc1. The molecule has 0 aliphatic carbocycles. The summed E-state index contributed by atoms with van der Waals surface area (Å²) < 4.78 is 0. The lowest BCUT2D eigenvalue weighted by molar-refractivity contribution is 1.45. The van der Waals surface area contributed by atoms with Crippen molar-refractivity contribution in [2.24, 2.45) is 9.98 Å². The number of benzene rings is 2. The Hall–Kier alpha value is -2.48. The predicted octanol–water partition coefficient (Wildman–Crippen LogP) is 5.19. The lowest BCUT2D eigenvalue weighted by Gasteiger charge is -2.04. The molecule has 2 rings (SSSR count). The van der Waals surface area contributed by atoms with E-state index in [2.05, 4.69) is 47.5 Å². The van der Waals surface area contributed by atoms with Crippen molar-refractivity contribution in [2.75, 3.05) is 0 Å². The molecule has 0 bridgehead atoms. The van der Waals surface area contributed by atoms with E-state index in [1.54, 1.807) is 0 Å². The summed E-state index contributed by atoms with van der Waals surface area (Å²) >= 11 is 0. The summed E-state index contributed by atoms with van der Waals surface area (Å²) in [4.78, 5) is 8.48. The van der Waals surface area contributed by atoms with Crippen LogP contribution in [0.5, 0.6) is 0 Å². The molecule has 0 atom stereocenters. The van der Waals surface area contributed by atoms with E-state index in [1.807, 2.05) is 38.1 Å². The summed E-state index contributed by atoms with van der Waals surface area (Å²) in [6, 6.07) is 16.0. The molecule has 0 aromatic heterocycles. The number of hydrogen-bond acceptors (Lipinski definition) is 2. The first kappa shape index (κ1) is 13.9. The molecule has 2 aromatic carbocycles. The standard InChI is InChI=1S/C18H18N2/c1-13(2)15-5-7-16(8-6-15)14(3)20-18-11-9-17(19-4)10-12-18/h5-12H,1,4H2,2-3H3. The van der Waals surface area contributed by atoms with Crippen molar-refractivity contribution in [2.45, 2.75) is 13.8 Å². The van der Waals surface area contributed by atoms with Crippen LogP contribution in [0.25, 0.3) is 5.57 Å². The van der Waals surface area contributed by atoms with Gasteiger partial charge in [-0.15, -0.1) is 0 Å². The molecule has 100 valence electrons. The molecule has 0 unspecified atom stereocenters. The first-order valence-corrected chi connectivity index (χ1v) is 6.48. The molecule has 0 fully saturated rings. The normalized spacial score (nSPS) is 11.2. The number of rotatable bonds is 4. The van der Waals surface area contributed by atoms with Gasteiger partial charge in [0.1, 0.15) is 0 Å². The fourth-order valence-electron chi connectivity index (χ4n) is 1.89. The Bertz CT molecular complexity index is 647. The zero-order valence-electron chi connectivity index (χ0n) is 11.9. The van der Waals surface area contributed by atoms with Crippen molar-refractivity contribution < 1.29 is 0 Å². The van der Waals surface area contributed by atoms with Gasteiger partial charge in [-0.05, 0) is 56.0 Å². The minimum Gasteiger partial charge on any atom is -0.265 e. The van der Waals surface area contributed by atoms with E-state index in [0.29, 0.717) is 0 Å². The quantitative estimate of drug-likeness (QED) is 0.677. The topological polar surface area (TPSA) is 24.7 Å². The summed E-state index contributed by atoms with van der Waals surface area (Å²) in [7, 11) is 0. The van der Waals surface area contributed by atoms with E-state index < -0.39 is 0 Å². The highest BCUT2D eigenvalue weighted by molar-refractivity contribution is 6.00. The van der Waals surface area contributed by atoms with Gasteiger partial charge in [0.2, 0.25) is 0 Å². The van der Waals surface area contributed by atoms with E-state index >= 15 is 0 Å². The monoisotopic (exact) mass is 262 g/mol. The van der Waals surface area contributed by atoms with Crippen LogP contribution in [0, 0.1) is 0 Å². The van der Waals surface area contributed by atoms with E-state index in [0.717, 1.165) is 33.8 Å². The largest absolute Gasteiger partial charge is 0.265 e. The van der Waals surface area contributed by atoms with Crippen molar-refractivity contribution in [3.05, 3.63) is 66.2 Å². The van der Waals surface area contributed by atoms with Gasteiger partial charge in [0.05, 0.1) is 11.4 Å². The van der Waals surface area contributed by atoms with Crippen molar-refractivity contribution in [3.8, 4) is 0 Å². The van der Waals surface area contributed by atoms with E-state index in [1.165, 1.54) is 0 Å². The van der Waals surface area contributed by atoms with Crippen molar-refractivity contribution >= 4 is 29.4 Å². The zero-order chi connectivity index (χ0) is 14.5. The molecule has 20 heavy (non-hydrogen) atoms. The van der Waals surface area contributed by atoms with Crippen LogP contribution in [0.3, 0.4) is 0 Å². The molecule has 0 saturated heterocycles. The fraction of sp³-hybridized carbons (Fsp3) is 0.111. The summed E-state index contributed by atoms with van der Waals surface area (Å²) in [6.45, 7) is 11.5. The highest BCUT2D eigenvalue weighted by Gasteiger charge is 1.99. The fourth-order valence-corrected chi connectivity index (χ4v) is 1.89. The minimum atomic E-state index is 0.854. The molecule has 0 spiro atoms. The van der Waals surface area contributed by atoms with Crippen LogP contribution in [-0.4, -0.2) is 12.4 Å². The van der Waals surface area contributed by atoms with Crippen LogP contribution in [0.15, 0.2) is 65.1 Å². The maximum atomic E-state index is 4.61. The number of hydrogen-bond donors (Lipinski definition) is 0. The number of nitrogens with zero attached hydrogens (tertiary/aromatic N) is 2. The van der Waals surface area contributed by atoms with Crippen LogP contribution in [-0.2, 0) is 0 Å². The average molecular weight is 262 g/mol. The Kier molecular flexibility index (Phi) is 4.26. The highest BCUT2D eigenvalue weighted by atomic mass is 14.7. The molecule has 0 heterocycles. The molecular weight excluding hydrogens is 244 g/mol. The Morgan fingerprint density at radius 2 is 1.30 bits per heavy atom. The number of aliphatic imine (C=N–C) groups is 2. The molecule has 0 radical (unpaired) electrons. The minimum absolute atomic E-state index is 0.854. The van der Waals surface area contributed by atoms with E-state index in [-0.39, 0.29) is 0 Å². The summed E-state index contributed by atoms with van der Waals surface area (Å²) in [6.07, 6.45) is 0. The van der Waals surface area contributed by atoms with E-state index in [9.17, 15) is 0 Å². The van der Waals surface area contributed by atoms with Crippen molar-refractivity contribution in [1.29, 1.82) is 0 Å². The lowest BCUT2D eigenvalue weighted by Crippen LogP contribution is -1.94. The van der Waals surface area contributed by atoms with Gasteiger partial charge in [-0.25, -0.2) is 0 Å². The second-order valence-corrected chi connectivity index (χ2v) is 4.73. The van der Waals surface area contributed by atoms with Crippen LogP contribution in [0.2, 0.25) is 0 Å². The third-order valence-electron chi connectivity index (χ3n) is 3.12. The summed E-state index contributed by atoms with van der Waals surface area (Å²) in [5, 5.41) is 0. The third-order valence-corrected chi connectivity index (χ3v) is 3.12. The molecule has 2 aromatic rings. The van der Waals surface area contributed by atoms with Gasteiger partial charge >= 0.3 is 0 Å². The first-order chi connectivity index (χ1) is 9.60. The van der Waals surface area contributed by atoms with Gasteiger partial charge in [-0.2, -0.15) is 0 Å². The van der Waals surface area contributed by atoms with Gasteiger partial charge in [-0.1, -0.05) is 36.4 Å². The summed E-state index contributed by atoms with van der Waals surface area (Å²) in [5.74, 6) is 0. The van der Waals surface area contributed by atoms with Gasteiger partial charge in [0.25, 0.3) is 0 Å². The molecule has 2 nitrogen and oxygen atoms in total. The molecule has 0 aliphatic rings. The Morgan fingerprint density at radius 1 is 0.800 bits per heavy atom. The van der Waals surface area contributed by atoms with Gasteiger partial charge in [0.15, 0.2) is 0 Å². The Labute approximate surface area is 120 Å². The smallest absolute Gasteiger partial charge is 0.0634 e. The molecule has 0 amide bonds. The Morgan fingerprint density at radius 3 is 1.80 bits per heavy atom. The molecule has 0 saturated carbocycles. The maximum absolute atomic E-state index is 4.61. The summed E-state index contributed by atoms with van der Waals surface area (Å²) in [5.41, 5.74) is 6.09. The number of allylic oxidation sites excluding steroid dienone is 1. The van der Waals surface area contributed by atoms with Crippen LogP contribution < -0.4 is 0 Å². The van der Waals surface area contributed by atoms with Crippen LogP contribution in [0.1, 0.15) is 25.0 Å². The second kappa shape index (κ2) is 6.11. The van der Waals surface area contributed by atoms with Crippen molar-refractivity contribution in [1.82, 2.24) is 0 Å². The third kappa shape index (κ3) is 3.29. The first-order valence-electron chi connectivity index (χ1n) is 6.48. The van der Waals surface area contributed by atoms with Gasteiger partial charge < -0.3 is 0 Å². The Balaban J connectivity index is 2.24. The van der Waals surface area contributed by atoms with Gasteiger partial charge in [-0.3, -0.25) is 9.98 Å². The van der Waals surface area contributed by atoms with Crippen LogP contribution >= 0.6 is 0 Å². The molecule has 0 N–H and O–H groups in total. The zero-order valence-corrected chi connectivity index (χ0v) is 11.9. The molecule has 0 aliphatic heterocycles. The van der Waals surface area contributed by atoms with Crippen molar-refractivity contribution in [3.63, 3.8) is 0 Å². The average Bonchev–Trinajstić information content (AvgIpc) is 2.48.